The van der Waals surface area contributed by atoms with Crippen LogP contribution in [0, 0.1) is 6.92 Å². The van der Waals surface area contributed by atoms with E-state index >= 15 is 0 Å². The number of nitrogens with zero attached hydrogens (tertiary/aromatic N) is 1. The van der Waals surface area contributed by atoms with Gasteiger partial charge in [-0.1, -0.05) is 24.6 Å². The van der Waals surface area contributed by atoms with Gasteiger partial charge in [0.25, 0.3) is 0 Å². The van der Waals surface area contributed by atoms with Crippen molar-refractivity contribution in [3.63, 3.8) is 0 Å². The zero-order valence-corrected chi connectivity index (χ0v) is 15.0. The van der Waals surface area contributed by atoms with Crippen molar-refractivity contribution in [1.82, 2.24) is 15.5 Å². The van der Waals surface area contributed by atoms with Crippen LogP contribution in [0.3, 0.4) is 0 Å². The van der Waals surface area contributed by atoms with E-state index in [4.69, 9.17) is 4.74 Å². The Kier molecular flexibility index (Phi) is 7.89. The lowest BCUT2D eigenvalue weighted by molar-refractivity contribution is 0.198. The summed E-state index contributed by atoms with van der Waals surface area (Å²) in [5.74, 6) is 0.907. The van der Waals surface area contributed by atoms with Crippen molar-refractivity contribution in [3.8, 4) is 5.75 Å². The minimum Gasteiger partial charge on any atom is -0.494 e. The summed E-state index contributed by atoms with van der Waals surface area (Å²) in [7, 11) is 0. The number of hydrogen-bond donors (Lipinski definition) is 2. The van der Waals surface area contributed by atoms with Crippen LogP contribution in [-0.2, 0) is 0 Å². The Morgan fingerprint density at radius 1 is 1.21 bits per heavy atom. The summed E-state index contributed by atoms with van der Waals surface area (Å²) < 4.78 is 5.68. The summed E-state index contributed by atoms with van der Waals surface area (Å²) in [6.07, 6.45) is 3.95. The van der Waals surface area contributed by atoms with Gasteiger partial charge in [0.2, 0.25) is 0 Å². The predicted molar refractivity (Wildman–Crippen MR) is 97.6 cm³/mol. The molecule has 0 saturated carbocycles. The summed E-state index contributed by atoms with van der Waals surface area (Å²) >= 11 is 0. The average molecular weight is 333 g/mol. The van der Waals surface area contributed by atoms with Crippen LogP contribution in [0.1, 0.15) is 38.2 Å². The van der Waals surface area contributed by atoms with E-state index in [-0.39, 0.29) is 6.03 Å². The van der Waals surface area contributed by atoms with Crippen LogP contribution in [0.2, 0.25) is 0 Å². The summed E-state index contributed by atoms with van der Waals surface area (Å²) in [4.78, 5) is 14.3. The number of aryl methyl sites for hydroxylation is 1. The van der Waals surface area contributed by atoms with Crippen molar-refractivity contribution < 1.29 is 9.53 Å². The van der Waals surface area contributed by atoms with E-state index in [1.165, 1.54) is 5.56 Å². The van der Waals surface area contributed by atoms with Gasteiger partial charge in [-0.15, -0.1) is 0 Å². The maximum atomic E-state index is 11.9. The van der Waals surface area contributed by atoms with E-state index in [1.807, 2.05) is 24.3 Å². The molecule has 0 radical (unpaired) electrons. The number of unbranched alkanes of at least 4 members (excludes halogenated alkanes) is 1. The fourth-order valence-corrected chi connectivity index (χ4v) is 2.88. The Balaban J connectivity index is 1.48. The fraction of sp³-hybridized carbons (Fsp3) is 0.632. The molecule has 1 aliphatic rings. The lowest BCUT2D eigenvalue weighted by Crippen LogP contribution is -2.48. The lowest BCUT2D eigenvalue weighted by atomic mass is 10.1. The minimum atomic E-state index is -0.0376. The van der Waals surface area contributed by atoms with Crippen molar-refractivity contribution in [2.24, 2.45) is 0 Å². The number of hydrogen-bond acceptors (Lipinski definition) is 3. The van der Waals surface area contributed by atoms with Gasteiger partial charge in [0.05, 0.1) is 6.61 Å². The standard InChI is InChI=1S/C19H31N3O2/c1-3-22-13-10-17(11-14-22)21-19(23)20-12-4-5-15-24-18-8-6-16(2)7-9-18/h6-9,17H,3-5,10-15H2,1-2H3,(H2,20,21,23). The van der Waals surface area contributed by atoms with Crippen LogP contribution in [0.5, 0.6) is 5.75 Å². The quantitative estimate of drug-likeness (QED) is 0.719. The summed E-state index contributed by atoms with van der Waals surface area (Å²) in [5.41, 5.74) is 1.23. The number of nitrogens with one attached hydrogen (secondary N) is 2. The van der Waals surface area contributed by atoms with Crippen LogP contribution in [0.25, 0.3) is 0 Å². The highest BCUT2D eigenvalue weighted by molar-refractivity contribution is 5.74. The number of carbonyl (C=O) groups is 1. The van der Waals surface area contributed by atoms with Crippen molar-refractivity contribution >= 4 is 6.03 Å². The van der Waals surface area contributed by atoms with E-state index in [1.54, 1.807) is 0 Å². The summed E-state index contributed by atoms with van der Waals surface area (Å²) in [6, 6.07) is 8.36. The molecular weight excluding hydrogens is 302 g/mol. The average Bonchev–Trinajstić information content (AvgIpc) is 2.60. The first-order chi connectivity index (χ1) is 11.7. The topological polar surface area (TPSA) is 53.6 Å². The number of likely N-dealkylation sites (tertiary alicyclic amines) is 1. The number of ether oxygens (including phenoxy) is 1. The Morgan fingerprint density at radius 2 is 1.92 bits per heavy atom. The monoisotopic (exact) mass is 333 g/mol. The van der Waals surface area contributed by atoms with Gasteiger partial charge in [0.1, 0.15) is 5.75 Å². The molecule has 0 atom stereocenters. The molecule has 2 rings (SSSR count). The van der Waals surface area contributed by atoms with Crippen LogP contribution in [0.15, 0.2) is 24.3 Å². The maximum Gasteiger partial charge on any atom is 0.315 e. The van der Waals surface area contributed by atoms with Gasteiger partial charge in [-0.25, -0.2) is 4.79 Å². The molecule has 1 saturated heterocycles. The van der Waals surface area contributed by atoms with Crippen LogP contribution in [0.4, 0.5) is 4.79 Å². The van der Waals surface area contributed by atoms with Gasteiger partial charge in [0, 0.05) is 25.7 Å². The number of rotatable bonds is 8. The molecule has 1 aromatic rings. The molecule has 1 aliphatic heterocycles. The van der Waals surface area contributed by atoms with Gasteiger partial charge in [-0.2, -0.15) is 0 Å². The van der Waals surface area contributed by atoms with E-state index in [0.717, 1.165) is 51.1 Å². The molecule has 0 aromatic heterocycles. The summed E-state index contributed by atoms with van der Waals surface area (Å²) in [5, 5.41) is 6.02. The predicted octanol–water partition coefficient (Wildman–Crippen LogP) is 2.94. The Morgan fingerprint density at radius 3 is 2.58 bits per heavy atom. The SMILES string of the molecule is CCN1CCC(NC(=O)NCCCCOc2ccc(C)cc2)CC1. The van der Waals surface area contributed by atoms with Crippen molar-refractivity contribution in [2.45, 2.75) is 45.6 Å². The number of benzene rings is 1. The van der Waals surface area contributed by atoms with Crippen LogP contribution < -0.4 is 15.4 Å². The van der Waals surface area contributed by atoms with E-state index in [2.05, 4.69) is 29.4 Å². The third-order valence-electron chi connectivity index (χ3n) is 4.52. The normalized spacial score (nSPS) is 15.9. The van der Waals surface area contributed by atoms with Crippen LogP contribution >= 0.6 is 0 Å². The molecule has 24 heavy (non-hydrogen) atoms. The third kappa shape index (κ3) is 6.79. The molecule has 134 valence electrons. The van der Waals surface area contributed by atoms with Crippen LogP contribution in [-0.4, -0.2) is 49.8 Å². The molecule has 1 heterocycles. The second-order valence-corrected chi connectivity index (χ2v) is 6.48. The Hall–Kier alpha value is -1.75. The molecule has 1 aromatic carbocycles. The van der Waals surface area contributed by atoms with Gasteiger partial charge in [-0.05, 0) is 51.3 Å². The first-order valence-corrected chi connectivity index (χ1v) is 9.13. The fourth-order valence-electron chi connectivity index (χ4n) is 2.88. The number of amides is 2. The highest BCUT2D eigenvalue weighted by Gasteiger charge is 2.19. The number of urea groups is 1. The highest BCUT2D eigenvalue weighted by Crippen LogP contribution is 2.12. The maximum absolute atomic E-state index is 11.9. The third-order valence-corrected chi connectivity index (χ3v) is 4.52. The second kappa shape index (κ2) is 10.2. The van der Waals surface area contributed by atoms with E-state index < -0.39 is 0 Å². The number of carbonyl (C=O) groups excluding carboxylic acids is 1. The molecule has 5 heteroatoms. The van der Waals surface area contributed by atoms with E-state index in [0.29, 0.717) is 19.2 Å². The van der Waals surface area contributed by atoms with Gasteiger partial charge >= 0.3 is 6.03 Å². The largest absolute Gasteiger partial charge is 0.494 e. The number of piperidine rings is 1. The highest BCUT2D eigenvalue weighted by atomic mass is 16.5. The molecule has 0 aliphatic carbocycles. The molecule has 0 unspecified atom stereocenters. The molecule has 2 N–H and O–H groups in total. The van der Waals surface area contributed by atoms with Gasteiger partial charge in [0.15, 0.2) is 0 Å². The second-order valence-electron chi connectivity index (χ2n) is 6.48. The van der Waals surface area contributed by atoms with E-state index in [9.17, 15) is 4.79 Å². The van der Waals surface area contributed by atoms with Crippen molar-refractivity contribution in [3.05, 3.63) is 29.8 Å². The lowest BCUT2D eigenvalue weighted by Gasteiger charge is -2.31. The molecular formula is C19H31N3O2. The van der Waals surface area contributed by atoms with Crippen molar-refractivity contribution in [2.75, 3.05) is 32.8 Å². The molecule has 0 spiro atoms. The Bertz CT molecular complexity index is 482. The van der Waals surface area contributed by atoms with Gasteiger partial charge in [-0.3, -0.25) is 0 Å². The first-order valence-electron chi connectivity index (χ1n) is 9.13. The summed E-state index contributed by atoms with van der Waals surface area (Å²) in [6.45, 7) is 8.88. The molecule has 0 bridgehead atoms. The molecule has 1 fully saturated rings. The smallest absolute Gasteiger partial charge is 0.315 e. The first kappa shape index (κ1) is 18.6. The Labute approximate surface area is 145 Å². The van der Waals surface area contributed by atoms with Crippen molar-refractivity contribution in [1.29, 1.82) is 0 Å². The molecule has 5 nitrogen and oxygen atoms in total. The minimum absolute atomic E-state index is 0.0376. The zero-order valence-electron chi connectivity index (χ0n) is 15.0. The zero-order chi connectivity index (χ0) is 17.2. The molecule has 2 amide bonds. The van der Waals surface area contributed by atoms with Gasteiger partial charge < -0.3 is 20.3 Å².